The zero-order valence-electron chi connectivity index (χ0n) is 14.9. The molecule has 1 unspecified atom stereocenters. The second-order valence-electron chi connectivity index (χ2n) is 6.58. The Hall–Kier alpha value is -3.19. The van der Waals surface area contributed by atoms with Crippen LogP contribution in [-0.4, -0.2) is 21.6 Å². The minimum absolute atomic E-state index is 0.0745. The Labute approximate surface area is 165 Å². The molecule has 2 N–H and O–H groups in total. The van der Waals surface area contributed by atoms with E-state index in [1.54, 1.807) is 36.5 Å². The second-order valence-corrected chi connectivity index (χ2v) is 6.99. The van der Waals surface area contributed by atoms with E-state index < -0.39 is 6.04 Å². The molecule has 0 aliphatic carbocycles. The van der Waals surface area contributed by atoms with E-state index in [0.717, 1.165) is 11.1 Å². The van der Waals surface area contributed by atoms with Crippen LogP contribution in [0.3, 0.4) is 0 Å². The van der Waals surface area contributed by atoms with Crippen molar-refractivity contribution in [3.8, 4) is 11.1 Å². The van der Waals surface area contributed by atoms with Crippen LogP contribution in [0.15, 0.2) is 48.7 Å². The molecule has 0 spiro atoms. The largest absolute Gasteiger partial charge is 0.326 e. The molecule has 2 aromatic carbocycles. The second kappa shape index (κ2) is 7.09. The predicted molar refractivity (Wildman–Crippen MR) is 105 cm³/mol. The number of carbonyl (C=O) groups excluding carboxylic acids is 2. The SMILES string of the molecule is Cc1ccc(NC(=O)CC2C(=O)Nc3c(-c4ccc(F)cc4)cnn32)cc1Cl. The summed E-state index contributed by atoms with van der Waals surface area (Å²) in [7, 11) is 0. The number of carbonyl (C=O) groups is 2. The zero-order valence-corrected chi connectivity index (χ0v) is 15.6. The number of hydrogen-bond donors (Lipinski definition) is 2. The standard InChI is InChI=1S/C20H16ClFN4O2/c1-11-2-7-14(8-16(11)21)24-18(27)9-17-20(28)25-19-15(10-23-26(17)19)12-3-5-13(22)6-4-12/h2-8,10,17H,9H2,1H3,(H,24,27)(H,25,28). The molecule has 3 aromatic rings. The Bertz CT molecular complexity index is 1080. The van der Waals surface area contributed by atoms with E-state index in [4.69, 9.17) is 11.6 Å². The molecule has 1 aliphatic heterocycles. The van der Waals surface area contributed by atoms with Crippen molar-refractivity contribution < 1.29 is 14.0 Å². The topological polar surface area (TPSA) is 76.0 Å². The molecule has 1 aromatic heterocycles. The summed E-state index contributed by atoms with van der Waals surface area (Å²) in [5, 5.41) is 10.3. The van der Waals surface area contributed by atoms with Crippen LogP contribution in [0, 0.1) is 12.7 Å². The van der Waals surface area contributed by atoms with Crippen LogP contribution in [0.25, 0.3) is 11.1 Å². The highest BCUT2D eigenvalue weighted by Gasteiger charge is 2.35. The van der Waals surface area contributed by atoms with Crippen LogP contribution < -0.4 is 10.6 Å². The highest BCUT2D eigenvalue weighted by atomic mass is 35.5. The van der Waals surface area contributed by atoms with Gasteiger partial charge in [-0.2, -0.15) is 5.10 Å². The molecule has 1 atom stereocenters. The van der Waals surface area contributed by atoms with Crippen molar-refractivity contribution in [3.05, 3.63) is 65.1 Å². The number of anilines is 2. The molecule has 0 fully saturated rings. The summed E-state index contributed by atoms with van der Waals surface area (Å²) in [4.78, 5) is 24.8. The van der Waals surface area contributed by atoms with Gasteiger partial charge in [0.2, 0.25) is 5.91 Å². The Balaban J connectivity index is 1.52. The van der Waals surface area contributed by atoms with Gasteiger partial charge >= 0.3 is 0 Å². The van der Waals surface area contributed by atoms with Crippen LogP contribution >= 0.6 is 11.6 Å². The predicted octanol–water partition coefficient (Wildman–Crippen LogP) is 4.17. The fourth-order valence-electron chi connectivity index (χ4n) is 3.11. The number of nitrogens with one attached hydrogen (secondary N) is 2. The Morgan fingerprint density at radius 2 is 2.04 bits per heavy atom. The quantitative estimate of drug-likeness (QED) is 0.692. The van der Waals surface area contributed by atoms with Gasteiger partial charge < -0.3 is 10.6 Å². The third-order valence-corrected chi connectivity index (χ3v) is 5.03. The number of rotatable bonds is 4. The molecule has 4 rings (SSSR count). The number of benzene rings is 2. The van der Waals surface area contributed by atoms with Gasteiger partial charge in [0, 0.05) is 16.3 Å². The van der Waals surface area contributed by atoms with E-state index in [0.29, 0.717) is 22.1 Å². The van der Waals surface area contributed by atoms with Gasteiger partial charge in [0.05, 0.1) is 12.6 Å². The Morgan fingerprint density at radius 3 is 2.75 bits per heavy atom. The monoisotopic (exact) mass is 398 g/mol. The van der Waals surface area contributed by atoms with Crippen molar-refractivity contribution in [1.82, 2.24) is 9.78 Å². The lowest BCUT2D eigenvalue weighted by Gasteiger charge is -2.10. The normalized spacial score (nSPS) is 15.2. The van der Waals surface area contributed by atoms with Crippen molar-refractivity contribution in [2.75, 3.05) is 10.6 Å². The molecule has 8 heteroatoms. The highest BCUT2D eigenvalue weighted by molar-refractivity contribution is 6.31. The lowest BCUT2D eigenvalue weighted by Crippen LogP contribution is -2.23. The molecular formula is C20H16ClFN4O2. The van der Waals surface area contributed by atoms with E-state index in [2.05, 4.69) is 15.7 Å². The van der Waals surface area contributed by atoms with Crippen molar-refractivity contribution >= 4 is 34.9 Å². The first-order valence-corrected chi connectivity index (χ1v) is 9.00. The lowest BCUT2D eigenvalue weighted by atomic mass is 10.1. The van der Waals surface area contributed by atoms with Crippen molar-refractivity contribution in [1.29, 1.82) is 0 Å². The summed E-state index contributed by atoms with van der Waals surface area (Å²) >= 11 is 6.08. The molecule has 0 saturated heterocycles. The molecule has 2 heterocycles. The number of amides is 2. The van der Waals surface area contributed by atoms with E-state index in [9.17, 15) is 14.0 Å². The van der Waals surface area contributed by atoms with Crippen molar-refractivity contribution in [2.24, 2.45) is 0 Å². The van der Waals surface area contributed by atoms with Gasteiger partial charge in [-0.3, -0.25) is 9.59 Å². The van der Waals surface area contributed by atoms with Crippen LogP contribution in [-0.2, 0) is 9.59 Å². The van der Waals surface area contributed by atoms with Crippen molar-refractivity contribution in [3.63, 3.8) is 0 Å². The minimum Gasteiger partial charge on any atom is -0.326 e. The number of aromatic nitrogens is 2. The number of fused-ring (bicyclic) bond motifs is 1. The van der Waals surface area contributed by atoms with Crippen LogP contribution in [0.1, 0.15) is 18.0 Å². The van der Waals surface area contributed by atoms with E-state index in [1.165, 1.54) is 16.8 Å². The molecule has 0 bridgehead atoms. The molecule has 0 radical (unpaired) electrons. The maximum atomic E-state index is 13.2. The molecule has 2 amide bonds. The van der Waals surface area contributed by atoms with Gasteiger partial charge in [-0.05, 0) is 42.3 Å². The number of nitrogens with zero attached hydrogens (tertiary/aromatic N) is 2. The minimum atomic E-state index is -0.759. The van der Waals surface area contributed by atoms with E-state index >= 15 is 0 Å². The average molecular weight is 399 g/mol. The van der Waals surface area contributed by atoms with Gasteiger partial charge in [0.1, 0.15) is 17.7 Å². The average Bonchev–Trinajstić information content (AvgIpc) is 3.19. The molecule has 0 saturated carbocycles. The van der Waals surface area contributed by atoms with E-state index in [-0.39, 0.29) is 24.1 Å². The fraction of sp³-hybridized carbons (Fsp3) is 0.150. The fourth-order valence-corrected chi connectivity index (χ4v) is 3.29. The summed E-state index contributed by atoms with van der Waals surface area (Å²) in [6, 6.07) is 10.4. The number of aryl methyl sites for hydroxylation is 1. The van der Waals surface area contributed by atoms with Gasteiger partial charge in [0.15, 0.2) is 0 Å². The maximum absolute atomic E-state index is 13.2. The lowest BCUT2D eigenvalue weighted by molar-refractivity contribution is -0.123. The summed E-state index contributed by atoms with van der Waals surface area (Å²) in [5.41, 5.74) is 2.86. The van der Waals surface area contributed by atoms with E-state index in [1.807, 2.05) is 6.92 Å². The maximum Gasteiger partial charge on any atom is 0.251 e. The van der Waals surface area contributed by atoms with Crippen molar-refractivity contribution in [2.45, 2.75) is 19.4 Å². The zero-order chi connectivity index (χ0) is 19.8. The van der Waals surface area contributed by atoms with Crippen LogP contribution in [0.4, 0.5) is 15.9 Å². The molecule has 142 valence electrons. The first kappa shape index (κ1) is 18.2. The molecule has 28 heavy (non-hydrogen) atoms. The molecule has 6 nitrogen and oxygen atoms in total. The summed E-state index contributed by atoms with van der Waals surface area (Å²) < 4.78 is 14.6. The third kappa shape index (κ3) is 3.36. The molecule has 1 aliphatic rings. The van der Waals surface area contributed by atoms with Gasteiger partial charge in [0.25, 0.3) is 5.91 Å². The first-order valence-electron chi connectivity index (χ1n) is 8.62. The smallest absolute Gasteiger partial charge is 0.251 e. The summed E-state index contributed by atoms with van der Waals surface area (Å²) in [6.45, 7) is 1.87. The third-order valence-electron chi connectivity index (χ3n) is 4.62. The number of halogens is 2. The van der Waals surface area contributed by atoms with Crippen LogP contribution in [0.5, 0.6) is 0 Å². The number of hydrogen-bond acceptors (Lipinski definition) is 3. The Kier molecular flexibility index (Phi) is 4.60. The highest BCUT2D eigenvalue weighted by Crippen LogP contribution is 2.35. The van der Waals surface area contributed by atoms with Gasteiger partial charge in [-0.1, -0.05) is 29.8 Å². The molecular weight excluding hydrogens is 383 g/mol. The summed E-state index contributed by atoms with van der Waals surface area (Å²) in [5.74, 6) is -0.495. The first-order chi connectivity index (χ1) is 13.4. The van der Waals surface area contributed by atoms with Crippen LogP contribution in [0.2, 0.25) is 5.02 Å². The van der Waals surface area contributed by atoms with Gasteiger partial charge in [-0.25, -0.2) is 9.07 Å². The van der Waals surface area contributed by atoms with Gasteiger partial charge in [-0.15, -0.1) is 0 Å². The summed E-state index contributed by atoms with van der Waals surface area (Å²) in [6.07, 6.45) is 1.52. The Morgan fingerprint density at radius 1 is 1.29 bits per heavy atom.